The van der Waals surface area contributed by atoms with Crippen molar-refractivity contribution in [3.63, 3.8) is 0 Å². The van der Waals surface area contributed by atoms with Gasteiger partial charge in [-0.05, 0) is 12.1 Å². The van der Waals surface area contributed by atoms with Crippen LogP contribution in [0.15, 0.2) is 18.2 Å². The van der Waals surface area contributed by atoms with E-state index in [0.29, 0.717) is 17.9 Å². The summed E-state index contributed by atoms with van der Waals surface area (Å²) in [5, 5.41) is 10.3. The quantitative estimate of drug-likeness (QED) is 0.547. The third kappa shape index (κ3) is 2.83. The molecule has 1 rings (SSSR count). The molecule has 5 nitrogen and oxygen atoms in total. The second-order valence-corrected chi connectivity index (χ2v) is 2.95. The Kier molecular flexibility index (Phi) is 3.91. The molecule has 0 heterocycles. The summed E-state index contributed by atoms with van der Waals surface area (Å²) in [5.41, 5.74) is 0.735. The molecule has 0 fully saturated rings. The summed E-state index contributed by atoms with van der Waals surface area (Å²) in [6, 6.07) is 5.31. The van der Waals surface area contributed by atoms with Crippen LogP contribution in [-0.4, -0.2) is 25.7 Å². The first kappa shape index (κ1) is 11.3. The molecule has 0 unspecified atom stereocenters. The number of rotatable bonds is 5. The standard InChI is InChI=1S/C10H13NO4/c1-14-9-4-3-5-10(15-2)8(9)6-7-11(12)13/h3-5H,6-7H2,1-2H3. The average molecular weight is 211 g/mol. The Bertz CT molecular complexity index is 329. The van der Waals surface area contributed by atoms with Crippen molar-refractivity contribution in [1.82, 2.24) is 0 Å². The van der Waals surface area contributed by atoms with Crippen LogP contribution in [-0.2, 0) is 6.42 Å². The van der Waals surface area contributed by atoms with Gasteiger partial charge in [0.1, 0.15) is 11.5 Å². The highest BCUT2D eigenvalue weighted by molar-refractivity contribution is 5.44. The second-order valence-electron chi connectivity index (χ2n) is 2.95. The van der Waals surface area contributed by atoms with Gasteiger partial charge in [0.05, 0.1) is 14.2 Å². The molecule has 0 N–H and O–H groups in total. The number of ether oxygens (including phenoxy) is 2. The van der Waals surface area contributed by atoms with Gasteiger partial charge in [-0.15, -0.1) is 0 Å². The number of hydrogen-bond donors (Lipinski definition) is 0. The largest absolute Gasteiger partial charge is 0.496 e. The van der Waals surface area contributed by atoms with Crippen LogP contribution < -0.4 is 9.47 Å². The van der Waals surface area contributed by atoms with E-state index in [1.807, 2.05) is 0 Å². The van der Waals surface area contributed by atoms with Gasteiger partial charge in [0.2, 0.25) is 6.54 Å². The van der Waals surface area contributed by atoms with Crippen LogP contribution >= 0.6 is 0 Å². The monoisotopic (exact) mass is 211 g/mol. The number of nitro groups is 1. The number of hydrogen-bond acceptors (Lipinski definition) is 4. The molecule has 0 radical (unpaired) electrons. The molecule has 0 aliphatic rings. The van der Waals surface area contributed by atoms with E-state index in [4.69, 9.17) is 9.47 Å². The van der Waals surface area contributed by atoms with Gasteiger partial charge < -0.3 is 9.47 Å². The molecule has 0 aromatic heterocycles. The Labute approximate surface area is 87.8 Å². The van der Waals surface area contributed by atoms with Gasteiger partial charge in [0.25, 0.3) is 0 Å². The highest BCUT2D eigenvalue weighted by atomic mass is 16.6. The predicted octanol–water partition coefficient (Wildman–Crippen LogP) is 1.52. The molecule has 0 bridgehead atoms. The van der Waals surface area contributed by atoms with Crippen LogP contribution in [0.2, 0.25) is 0 Å². The molecule has 82 valence electrons. The van der Waals surface area contributed by atoms with E-state index in [9.17, 15) is 10.1 Å². The topological polar surface area (TPSA) is 61.6 Å². The fourth-order valence-electron chi connectivity index (χ4n) is 1.38. The lowest BCUT2D eigenvalue weighted by atomic mass is 10.1. The number of nitrogens with zero attached hydrogens (tertiary/aromatic N) is 1. The summed E-state index contributed by atoms with van der Waals surface area (Å²) in [6.45, 7) is -0.128. The Morgan fingerprint density at radius 3 is 2.20 bits per heavy atom. The summed E-state index contributed by atoms with van der Waals surface area (Å²) in [7, 11) is 3.06. The normalized spacial score (nSPS) is 9.73. The maximum absolute atomic E-state index is 10.3. The zero-order valence-corrected chi connectivity index (χ0v) is 8.73. The molecule has 5 heteroatoms. The SMILES string of the molecule is COc1cccc(OC)c1CC[N+](=O)[O-]. The summed E-state index contributed by atoms with van der Waals surface area (Å²) >= 11 is 0. The van der Waals surface area contributed by atoms with Crippen LogP contribution in [0.1, 0.15) is 5.56 Å². The van der Waals surface area contributed by atoms with E-state index >= 15 is 0 Å². The highest BCUT2D eigenvalue weighted by Gasteiger charge is 2.11. The first-order chi connectivity index (χ1) is 7.19. The molecule has 0 saturated carbocycles. The highest BCUT2D eigenvalue weighted by Crippen LogP contribution is 2.28. The van der Waals surface area contributed by atoms with Crippen molar-refractivity contribution < 1.29 is 14.4 Å². The minimum atomic E-state index is -0.355. The van der Waals surface area contributed by atoms with E-state index in [1.165, 1.54) is 14.2 Å². The van der Waals surface area contributed by atoms with Crippen LogP contribution in [0.25, 0.3) is 0 Å². The Morgan fingerprint density at radius 2 is 1.80 bits per heavy atom. The lowest BCUT2D eigenvalue weighted by molar-refractivity contribution is -0.479. The van der Waals surface area contributed by atoms with Crippen LogP contribution in [0.3, 0.4) is 0 Å². The number of methoxy groups -OCH3 is 2. The lowest BCUT2D eigenvalue weighted by Gasteiger charge is -2.10. The van der Waals surface area contributed by atoms with Crippen LogP contribution in [0.4, 0.5) is 0 Å². The fraction of sp³-hybridized carbons (Fsp3) is 0.400. The maximum atomic E-state index is 10.3. The third-order valence-electron chi connectivity index (χ3n) is 2.07. The van der Waals surface area contributed by atoms with Crippen molar-refractivity contribution >= 4 is 0 Å². The van der Waals surface area contributed by atoms with Gasteiger partial charge in [0, 0.05) is 16.9 Å². The smallest absolute Gasteiger partial charge is 0.208 e. The lowest BCUT2D eigenvalue weighted by Crippen LogP contribution is -2.06. The van der Waals surface area contributed by atoms with E-state index in [2.05, 4.69) is 0 Å². The van der Waals surface area contributed by atoms with Gasteiger partial charge in [-0.1, -0.05) is 6.07 Å². The van der Waals surface area contributed by atoms with E-state index < -0.39 is 0 Å². The predicted molar refractivity (Wildman–Crippen MR) is 55.1 cm³/mol. The van der Waals surface area contributed by atoms with Crippen molar-refractivity contribution in [2.45, 2.75) is 6.42 Å². The van der Waals surface area contributed by atoms with E-state index in [1.54, 1.807) is 18.2 Å². The summed E-state index contributed by atoms with van der Waals surface area (Å²) in [4.78, 5) is 9.94. The van der Waals surface area contributed by atoms with Gasteiger partial charge in [-0.2, -0.15) is 0 Å². The summed E-state index contributed by atoms with van der Waals surface area (Å²) < 4.78 is 10.2. The molecule has 0 aliphatic carbocycles. The van der Waals surface area contributed by atoms with Gasteiger partial charge in [-0.3, -0.25) is 10.1 Å². The van der Waals surface area contributed by atoms with E-state index in [0.717, 1.165) is 5.56 Å². The molecular formula is C10H13NO4. The molecular weight excluding hydrogens is 198 g/mol. The molecule has 0 aliphatic heterocycles. The maximum Gasteiger partial charge on any atom is 0.208 e. The van der Waals surface area contributed by atoms with Crippen molar-refractivity contribution in [3.8, 4) is 11.5 Å². The second kappa shape index (κ2) is 5.19. The van der Waals surface area contributed by atoms with Gasteiger partial charge in [0.15, 0.2) is 0 Å². The van der Waals surface area contributed by atoms with Crippen molar-refractivity contribution in [2.24, 2.45) is 0 Å². The molecule has 1 aromatic carbocycles. The average Bonchev–Trinajstić information content (AvgIpc) is 2.25. The van der Waals surface area contributed by atoms with Gasteiger partial charge >= 0.3 is 0 Å². The molecule has 0 amide bonds. The Morgan fingerprint density at radius 1 is 1.27 bits per heavy atom. The molecule has 0 atom stereocenters. The first-order valence-electron chi connectivity index (χ1n) is 4.50. The van der Waals surface area contributed by atoms with Crippen molar-refractivity contribution in [2.75, 3.05) is 20.8 Å². The Hall–Kier alpha value is -1.78. The molecule has 15 heavy (non-hydrogen) atoms. The van der Waals surface area contributed by atoms with E-state index in [-0.39, 0.29) is 11.5 Å². The fourth-order valence-corrected chi connectivity index (χ4v) is 1.38. The van der Waals surface area contributed by atoms with Crippen molar-refractivity contribution in [1.29, 1.82) is 0 Å². The minimum absolute atomic E-state index is 0.128. The molecule has 0 saturated heterocycles. The molecule has 1 aromatic rings. The first-order valence-corrected chi connectivity index (χ1v) is 4.50. The summed E-state index contributed by atoms with van der Waals surface area (Å²) in [6.07, 6.45) is 0.306. The van der Waals surface area contributed by atoms with Crippen molar-refractivity contribution in [3.05, 3.63) is 33.9 Å². The van der Waals surface area contributed by atoms with Crippen LogP contribution in [0, 0.1) is 10.1 Å². The Balaban J connectivity index is 2.94. The third-order valence-corrected chi connectivity index (χ3v) is 2.07. The molecule has 0 spiro atoms. The zero-order chi connectivity index (χ0) is 11.3. The zero-order valence-electron chi connectivity index (χ0n) is 8.73. The summed E-state index contributed by atoms with van der Waals surface area (Å²) in [5.74, 6) is 1.24. The number of benzene rings is 1. The van der Waals surface area contributed by atoms with Gasteiger partial charge in [-0.25, -0.2) is 0 Å². The van der Waals surface area contributed by atoms with Crippen LogP contribution in [0.5, 0.6) is 11.5 Å². The minimum Gasteiger partial charge on any atom is -0.496 e.